The molecule has 1 aliphatic rings. The highest BCUT2D eigenvalue weighted by atomic mass is 32.2. The number of nitrogens with one attached hydrogen (secondary N) is 2. The Kier molecular flexibility index (Phi) is 6.82. The number of nitrogens with zero attached hydrogens (tertiary/aromatic N) is 3. The second-order valence-electron chi connectivity index (χ2n) is 6.15. The van der Waals surface area contributed by atoms with E-state index in [1.165, 1.54) is 31.5 Å². The van der Waals surface area contributed by atoms with Crippen LogP contribution in [0.2, 0.25) is 0 Å². The van der Waals surface area contributed by atoms with E-state index in [9.17, 15) is 4.55 Å². The zero-order valence-corrected chi connectivity index (χ0v) is 15.8. The van der Waals surface area contributed by atoms with E-state index in [1.807, 2.05) is 24.3 Å². The second-order valence-corrected chi connectivity index (χ2v) is 6.98. The molecule has 2 N–H and O–H groups in total. The van der Waals surface area contributed by atoms with Crippen molar-refractivity contribution < 1.29 is 9.29 Å². The summed E-state index contributed by atoms with van der Waals surface area (Å²) in [7, 11) is 1.72. The van der Waals surface area contributed by atoms with Crippen LogP contribution in [0.5, 0.6) is 5.75 Å². The van der Waals surface area contributed by atoms with Gasteiger partial charge in [-0.3, -0.25) is 4.90 Å². The molecule has 0 aliphatic carbocycles. The van der Waals surface area contributed by atoms with Gasteiger partial charge in [0.15, 0.2) is 11.1 Å². The van der Waals surface area contributed by atoms with Gasteiger partial charge in [-0.15, -0.1) is 0 Å². The fourth-order valence-corrected chi connectivity index (χ4v) is 3.61. The van der Waals surface area contributed by atoms with Gasteiger partial charge in [0.2, 0.25) is 11.6 Å². The molecule has 1 unspecified atom stereocenters. The Hall–Kier alpha value is -2.16. The predicted molar refractivity (Wildman–Crippen MR) is 104 cm³/mol. The molecule has 1 aromatic heterocycles. The van der Waals surface area contributed by atoms with Gasteiger partial charge in [0.05, 0.1) is 0 Å². The summed E-state index contributed by atoms with van der Waals surface area (Å²) in [6.07, 6.45) is 6.51. The first-order valence-electron chi connectivity index (χ1n) is 8.85. The van der Waals surface area contributed by atoms with Gasteiger partial charge in [0, 0.05) is 28.9 Å². The lowest BCUT2D eigenvalue weighted by atomic mass is 10.2. The van der Waals surface area contributed by atoms with Crippen LogP contribution in [0.3, 0.4) is 0 Å². The van der Waals surface area contributed by atoms with Crippen LogP contribution < -0.4 is 15.4 Å². The minimum absolute atomic E-state index is 0.500. The van der Waals surface area contributed by atoms with Gasteiger partial charge < -0.3 is 19.9 Å². The molecule has 140 valence electrons. The van der Waals surface area contributed by atoms with E-state index in [0.29, 0.717) is 24.8 Å². The Bertz CT molecular complexity index is 728. The number of aromatic nitrogens is 2. The van der Waals surface area contributed by atoms with Crippen molar-refractivity contribution in [2.45, 2.75) is 19.4 Å². The number of ether oxygens (including phenoxy) is 1. The number of benzene rings is 1. The molecule has 1 aromatic carbocycles. The van der Waals surface area contributed by atoms with E-state index in [2.05, 4.69) is 36.4 Å². The third-order valence-electron chi connectivity index (χ3n) is 4.20. The first-order chi connectivity index (χ1) is 12.7. The molecule has 0 saturated carbocycles. The lowest BCUT2D eigenvalue weighted by Crippen LogP contribution is -2.18. The molecule has 26 heavy (non-hydrogen) atoms. The highest BCUT2D eigenvalue weighted by molar-refractivity contribution is 7.14. The number of hydrogen-bond donors (Lipinski definition) is 2. The largest absolute Gasteiger partial charge is 0.546 e. The summed E-state index contributed by atoms with van der Waals surface area (Å²) < 4.78 is 24.8. The van der Waals surface area contributed by atoms with Crippen LogP contribution in [-0.2, 0) is 6.54 Å². The van der Waals surface area contributed by atoms with Crippen molar-refractivity contribution in [2.24, 2.45) is 0 Å². The Morgan fingerprint density at radius 2 is 2.04 bits per heavy atom. The third kappa shape index (κ3) is 5.42. The molecule has 0 radical (unpaired) electrons. The lowest BCUT2D eigenvalue weighted by molar-refractivity contribution is 0.328. The summed E-state index contributed by atoms with van der Waals surface area (Å²) >= 11 is -1.52. The van der Waals surface area contributed by atoms with Gasteiger partial charge in [0.25, 0.3) is 0 Å². The molecule has 1 aliphatic heterocycles. The van der Waals surface area contributed by atoms with E-state index >= 15 is 0 Å². The fraction of sp³-hybridized carbons (Fsp3) is 0.444. The van der Waals surface area contributed by atoms with Crippen molar-refractivity contribution in [1.29, 1.82) is 0 Å². The van der Waals surface area contributed by atoms with E-state index in [1.54, 1.807) is 7.05 Å². The lowest BCUT2D eigenvalue weighted by Gasteiger charge is -2.15. The Morgan fingerprint density at radius 3 is 2.85 bits per heavy atom. The highest BCUT2D eigenvalue weighted by Gasteiger charge is 2.13. The van der Waals surface area contributed by atoms with Crippen LogP contribution in [0.25, 0.3) is 0 Å². The molecule has 8 heteroatoms. The van der Waals surface area contributed by atoms with Gasteiger partial charge >= 0.3 is 0 Å². The molecule has 2 heterocycles. The molecule has 0 amide bonds. The van der Waals surface area contributed by atoms with Crippen LogP contribution in [0.4, 0.5) is 11.6 Å². The maximum Gasteiger partial charge on any atom is 0.233 e. The average Bonchev–Trinajstić information content (AvgIpc) is 3.27. The van der Waals surface area contributed by atoms with Crippen molar-refractivity contribution in [3.8, 4) is 5.75 Å². The van der Waals surface area contributed by atoms with Crippen molar-refractivity contribution in [2.75, 3.05) is 43.9 Å². The van der Waals surface area contributed by atoms with Gasteiger partial charge in [-0.1, -0.05) is 18.2 Å². The summed E-state index contributed by atoms with van der Waals surface area (Å²) in [4.78, 5) is 2.48. The van der Waals surface area contributed by atoms with Gasteiger partial charge in [-0.05, 0) is 49.7 Å². The number of likely N-dealkylation sites (tertiary alicyclic amines) is 1. The minimum atomic E-state index is -1.52. The van der Waals surface area contributed by atoms with Gasteiger partial charge in [-0.2, -0.15) is 0 Å². The smallest absolute Gasteiger partial charge is 0.233 e. The molecular weight excluding hydrogens is 350 g/mol. The third-order valence-corrected chi connectivity index (χ3v) is 4.88. The van der Waals surface area contributed by atoms with Crippen LogP contribution in [-0.4, -0.2) is 51.5 Å². The molecule has 1 fully saturated rings. The Balaban J connectivity index is 1.40. The zero-order valence-electron chi connectivity index (χ0n) is 15.0. The predicted octanol–water partition coefficient (Wildman–Crippen LogP) is 2.89. The van der Waals surface area contributed by atoms with Crippen molar-refractivity contribution >= 4 is 22.8 Å². The van der Waals surface area contributed by atoms with Crippen LogP contribution in [0, 0.1) is 0 Å². The maximum atomic E-state index is 11.3. The van der Waals surface area contributed by atoms with E-state index in [-0.39, 0.29) is 0 Å². The molecule has 2 aromatic rings. The monoisotopic (exact) mass is 375 g/mol. The van der Waals surface area contributed by atoms with E-state index in [0.717, 1.165) is 12.3 Å². The number of hydrogen-bond acceptors (Lipinski definition) is 7. The van der Waals surface area contributed by atoms with Crippen molar-refractivity contribution in [3.63, 3.8) is 0 Å². The number of anilines is 2. The quantitative estimate of drug-likeness (QED) is 0.515. The number of rotatable bonds is 9. The standard InChI is InChI=1S/C18H25N5O2S/c1-19-17-18(22-26(24)21-17)20-9-2-5-12-25-16-8-6-7-15(13-16)14-23-10-3-4-11-23/h2,5-8,13H,3-4,9-12,14H2,1H3,(H,19,21)(H,20,22)/b5-2-. The van der Waals surface area contributed by atoms with E-state index in [4.69, 9.17) is 4.74 Å². The molecular formula is C18H25N5O2S. The fourth-order valence-electron chi connectivity index (χ4n) is 2.93. The van der Waals surface area contributed by atoms with Gasteiger partial charge in [-0.25, -0.2) is 0 Å². The summed E-state index contributed by atoms with van der Waals surface area (Å²) in [5.74, 6) is 1.92. The maximum absolute atomic E-state index is 11.3. The molecule has 0 bridgehead atoms. The summed E-state index contributed by atoms with van der Waals surface area (Å²) in [5, 5.41) is 5.94. The van der Waals surface area contributed by atoms with Crippen molar-refractivity contribution in [1.82, 2.24) is 13.6 Å². The first-order valence-corrected chi connectivity index (χ1v) is 9.91. The van der Waals surface area contributed by atoms with Crippen LogP contribution in [0.15, 0.2) is 36.4 Å². The van der Waals surface area contributed by atoms with Crippen LogP contribution in [0.1, 0.15) is 18.4 Å². The molecule has 0 spiro atoms. The van der Waals surface area contributed by atoms with E-state index < -0.39 is 11.1 Å². The molecule has 1 atom stereocenters. The Labute approximate surface area is 157 Å². The van der Waals surface area contributed by atoms with Crippen LogP contribution >= 0.6 is 11.1 Å². The summed E-state index contributed by atoms with van der Waals surface area (Å²) in [6.45, 7) is 4.45. The SMILES string of the molecule is CNc1n[s+]([O-])nc1NC/C=C\COc1cccc(CN2CCCC2)c1. The Morgan fingerprint density at radius 1 is 1.23 bits per heavy atom. The minimum Gasteiger partial charge on any atom is -0.546 e. The topological polar surface area (TPSA) is 85.4 Å². The average molecular weight is 375 g/mol. The first kappa shape index (κ1) is 18.6. The highest BCUT2D eigenvalue weighted by Crippen LogP contribution is 2.21. The van der Waals surface area contributed by atoms with Crippen molar-refractivity contribution in [3.05, 3.63) is 42.0 Å². The summed E-state index contributed by atoms with van der Waals surface area (Å²) in [6, 6.07) is 8.29. The zero-order chi connectivity index (χ0) is 18.2. The molecule has 1 saturated heterocycles. The molecule has 3 rings (SSSR count). The normalized spacial score (nSPS) is 15.5. The second kappa shape index (κ2) is 9.51. The molecule has 7 nitrogen and oxygen atoms in total. The van der Waals surface area contributed by atoms with Gasteiger partial charge in [0.1, 0.15) is 12.4 Å². The summed E-state index contributed by atoms with van der Waals surface area (Å²) in [5.41, 5.74) is 1.29.